The second-order valence-corrected chi connectivity index (χ2v) is 6.17. The van der Waals surface area contributed by atoms with Crippen LogP contribution in [0.1, 0.15) is 46.0 Å². The molecule has 1 aliphatic carbocycles. The van der Waals surface area contributed by atoms with Gasteiger partial charge < -0.3 is 11.1 Å². The van der Waals surface area contributed by atoms with E-state index in [-0.39, 0.29) is 19.0 Å². The third-order valence-corrected chi connectivity index (χ3v) is 3.84. The molecule has 3 unspecified atom stereocenters. The first-order valence-corrected chi connectivity index (χ1v) is 7.31. The number of carbonyl (C=O) groups is 1. The number of amides is 1. The predicted octanol–water partition coefficient (Wildman–Crippen LogP) is 2.84. The molecule has 0 aromatic carbocycles. The van der Waals surface area contributed by atoms with Gasteiger partial charge in [0.1, 0.15) is 0 Å². The molecule has 1 fully saturated rings. The second-order valence-electron chi connectivity index (χ2n) is 6.17. The van der Waals surface area contributed by atoms with Crippen LogP contribution in [0.25, 0.3) is 0 Å². The molecule has 1 saturated carbocycles. The summed E-state index contributed by atoms with van der Waals surface area (Å²) in [5, 5.41) is 2.60. The summed E-state index contributed by atoms with van der Waals surface area (Å²) in [6.45, 7) is 4.28. The van der Waals surface area contributed by atoms with E-state index in [0.29, 0.717) is 25.2 Å². The van der Waals surface area contributed by atoms with Gasteiger partial charge in [0, 0.05) is 18.5 Å². The van der Waals surface area contributed by atoms with Crippen LogP contribution in [0.3, 0.4) is 0 Å². The zero-order valence-electron chi connectivity index (χ0n) is 12.2. The molecule has 3 atom stereocenters. The van der Waals surface area contributed by atoms with Crippen molar-refractivity contribution in [3.8, 4) is 0 Å². The zero-order valence-corrected chi connectivity index (χ0v) is 12.2. The Balaban J connectivity index is 2.52. The van der Waals surface area contributed by atoms with E-state index in [1.54, 1.807) is 0 Å². The Morgan fingerprint density at radius 1 is 1.30 bits per heavy atom. The maximum Gasteiger partial charge on any atom is 0.392 e. The van der Waals surface area contributed by atoms with Crippen molar-refractivity contribution in [2.75, 3.05) is 6.54 Å². The largest absolute Gasteiger partial charge is 0.392 e. The minimum absolute atomic E-state index is 0.0552. The van der Waals surface area contributed by atoms with E-state index in [0.717, 1.165) is 6.42 Å². The summed E-state index contributed by atoms with van der Waals surface area (Å²) in [6, 6.07) is -0.202. The number of halogens is 3. The Kier molecular flexibility index (Phi) is 6.30. The van der Waals surface area contributed by atoms with Gasteiger partial charge in [-0.1, -0.05) is 26.7 Å². The first-order valence-electron chi connectivity index (χ1n) is 7.31. The van der Waals surface area contributed by atoms with Crippen LogP contribution < -0.4 is 11.1 Å². The van der Waals surface area contributed by atoms with E-state index in [9.17, 15) is 18.0 Å². The quantitative estimate of drug-likeness (QED) is 0.819. The van der Waals surface area contributed by atoms with Gasteiger partial charge in [0.25, 0.3) is 0 Å². The Morgan fingerprint density at radius 3 is 2.45 bits per heavy atom. The molecule has 20 heavy (non-hydrogen) atoms. The van der Waals surface area contributed by atoms with Crippen LogP contribution in [0.5, 0.6) is 0 Å². The minimum atomic E-state index is -4.29. The smallest absolute Gasteiger partial charge is 0.354 e. The first kappa shape index (κ1) is 17.3. The number of hydrogen-bond acceptors (Lipinski definition) is 2. The van der Waals surface area contributed by atoms with Crippen LogP contribution in [-0.4, -0.2) is 24.7 Å². The molecule has 1 aliphatic rings. The molecule has 3 nitrogen and oxygen atoms in total. The van der Waals surface area contributed by atoms with Gasteiger partial charge in [0.05, 0.1) is 5.92 Å². The molecule has 6 heteroatoms. The standard InChI is InChI=1S/C14H25F3N2O/c1-9(2)7-10(18)8-19-13(20)11-5-3-4-6-12(11)14(15,16)17/h9-12H,3-8,18H2,1-2H3,(H,19,20). The van der Waals surface area contributed by atoms with E-state index in [1.165, 1.54) is 0 Å². The van der Waals surface area contributed by atoms with Crippen molar-refractivity contribution < 1.29 is 18.0 Å². The van der Waals surface area contributed by atoms with Gasteiger partial charge in [0.15, 0.2) is 0 Å². The summed E-state index contributed by atoms with van der Waals surface area (Å²) in [5.41, 5.74) is 5.84. The molecular formula is C14H25F3N2O. The Hall–Kier alpha value is -0.780. The fourth-order valence-electron chi connectivity index (χ4n) is 2.89. The summed E-state index contributed by atoms with van der Waals surface area (Å²) >= 11 is 0. The van der Waals surface area contributed by atoms with Crippen LogP contribution in [0.15, 0.2) is 0 Å². The van der Waals surface area contributed by atoms with Crippen molar-refractivity contribution in [1.82, 2.24) is 5.32 Å². The highest BCUT2D eigenvalue weighted by Gasteiger charge is 2.47. The molecule has 0 aliphatic heterocycles. The maximum atomic E-state index is 12.9. The van der Waals surface area contributed by atoms with E-state index in [2.05, 4.69) is 5.32 Å². The van der Waals surface area contributed by atoms with Gasteiger partial charge in [-0.2, -0.15) is 13.2 Å². The van der Waals surface area contributed by atoms with E-state index >= 15 is 0 Å². The second kappa shape index (κ2) is 7.29. The number of alkyl halides is 3. The third kappa shape index (κ3) is 5.31. The van der Waals surface area contributed by atoms with Gasteiger partial charge in [-0.15, -0.1) is 0 Å². The highest BCUT2D eigenvalue weighted by atomic mass is 19.4. The highest BCUT2D eigenvalue weighted by molar-refractivity contribution is 5.79. The van der Waals surface area contributed by atoms with E-state index in [4.69, 9.17) is 5.73 Å². The van der Waals surface area contributed by atoms with Crippen LogP contribution in [0.4, 0.5) is 13.2 Å². The summed E-state index contributed by atoms with van der Waals surface area (Å²) in [5.74, 6) is -2.54. The molecule has 1 amide bonds. The first-order chi connectivity index (χ1) is 9.21. The highest BCUT2D eigenvalue weighted by Crippen LogP contribution is 2.41. The average Bonchev–Trinajstić information content (AvgIpc) is 2.34. The Morgan fingerprint density at radius 2 is 1.90 bits per heavy atom. The van der Waals surface area contributed by atoms with Crippen molar-refractivity contribution in [3.63, 3.8) is 0 Å². The van der Waals surface area contributed by atoms with Gasteiger partial charge in [-0.3, -0.25) is 4.79 Å². The molecule has 0 radical (unpaired) electrons. The summed E-state index contributed by atoms with van der Waals surface area (Å²) in [4.78, 5) is 12.0. The molecule has 1 rings (SSSR count). The lowest BCUT2D eigenvalue weighted by Crippen LogP contribution is -2.46. The van der Waals surface area contributed by atoms with Crippen LogP contribution >= 0.6 is 0 Å². The Labute approximate surface area is 118 Å². The Bertz CT molecular complexity index is 318. The van der Waals surface area contributed by atoms with Gasteiger partial charge >= 0.3 is 6.18 Å². The molecule has 0 aromatic rings. The van der Waals surface area contributed by atoms with Crippen LogP contribution in [0, 0.1) is 17.8 Å². The maximum absolute atomic E-state index is 12.9. The van der Waals surface area contributed by atoms with Crippen molar-refractivity contribution in [2.24, 2.45) is 23.5 Å². The topological polar surface area (TPSA) is 55.1 Å². The zero-order chi connectivity index (χ0) is 15.3. The van der Waals surface area contributed by atoms with Crippen molar-refractivity contribution >= 4 is 5.91 Å². The fourth-order valence-corrected chi connectivity index (χ4v) is 2.89. The van der Waals surface area contributed by atoms with E-state index < -0.39 is 23.9 Å². The summed E-state index contributed by atoms with van der Waals surface area (Å²) in [7, 11) is 0. The molecule has 3 N–H and O–H groups in total. The average molecular weight is 294 g/mol. The number of nitrogens with two attached hydrogens (primary N) is 1. The van der Waals surface area contributed by atoms with Crippen LogP contribution in [0.2, 0.25) is 0 Å². The summed E-state index contributed by atoms with van der Waals surface area (Å²) in [6.07, 6.45) is -1.95. The fraction of sp³-hybridized carbons (Fsp3) is 0.929. The van der Waals surface area contributed by atoms with E-state index in [1.807, 2.05) is 13.8 Å². The van der Waals surface area contributed by atoms with Crippen LogP contribution in [-0.2, 0) is 4.79 Å². The lowest BCUT2D eigenvalue weighted by Gasteiger charge is -2.32. The predicted molar refractivity (Wildman–Crippen MR) is 71.9 cm³/mol. The number of carbonyl (C=O) groups excluding carboxylic acids is 1. The minimum Gasteiger partial charge on any atom is -0.354 e. The summed E-state index contributed by atoms with van der Waals surface area (Å²) < 4.78 is 38.8. The van der Waals surface area contributed by atoms with Gasteiger partial charge in [0.2, 0.25) is 5.91 Å². The van der Waals surface area contributed by atoms with Crippen molar-refractivity contribution in [3.05, 3.63) is 0 Å². The molecule has 0 aromatic heterocycles. The molecule has 0 saturated heterocycles. The van der Waals surface area contributed by atoms with Gasteiger partial charge in [-0.25, -0.2) is 0 Å². The van der Waals surface area contributed by atoms with Gasteiger partial charge in [-0.05, 0) is 25.2 Å². The number of nitrogens with one attached hydrogen (secondary N) is 1. The molecular weight excluding hydrogens is 269 g/mol. The van der Waals surface area contributed by atoms with Crippen molar-refractivity contribution in [1.29, 1.82) is 0 Å². The lowest BCUT2D eigenvalue weighted by molar-refractivity contribution is -0.198. The number of hydrogen-bond donors (Lipinski definition) is 2. The normalized spacial score (nSPS) is 25.6. The SMILES string of the molecule is CC(C)CC(N)CNC(=O)C1CCCCC1C(F)(F)F. The third-order valence-electron chi connectivity index (χ3n) is 3.84. The molecule has 118 valence electrons. The monoisotopic (exact) mass is 294 g/mol. The molecule has 0 heterocycles. The molecule has 0 spiro atoms. The van der Waals surface area contributed by atoms with Crippen molar-refractivity contribution in [2.45, 2.75) is 58.2 Å². The number of rotatable bonds is 5. The molecule has 0 bridgehead atoms. The lowest BCUT2D eigenvalue weighted by atomic mass is 9.78.